The molecule has 0 aliphatic heterocycles. The van der Waals surface area contributed by atoms with Crippen LogP contribution in [0.2, 0.25) is 0 Å². The topological polar surface area (TPSA) is 107 Å². The van der Waals surface area contributed by atoms with Crippen LogP contribution in [-0.2, 0) is 9.53 Å². The maximum atomic E-state index is 12.6. The Bertz CT molecular complexity index is 1260. The molecule has 9 heteroatoms. The highest BCUT2D eigenvalue weighted by atomic mass is 32.2. The maximum Gasteiger partial charge on any atom is 0.338 e. The van der Waals surface area contributed by atoms with Crippen molar-refractivity contribution >= 4 is 35.1 Å². The second kappa shape index (κ2) is 11.6. The van der Waals surface area contributed by atoms with E-state index in [1.807, 2.05) is 45.9 Å². The second-order valence-corrected chi connectivity index (χ2v) is 8.95. The Labute approximate surface area is 208 Å². The summed E-state index contributed by atoms with van der Waals surface area (Å²) < 4.78 is 10.5. The molecule has 1 N–H and O–H groups in total. The van der Waals surface area contributed by atoms with Gasteiger partial charge in [-0.2, -0.15) is 0 Å². The van der Waals surface area contributed by atoms with Crippen LogP contribution in [0.5, 0.6) is 5.75 Å². The van der Waals surface area contributed by atoms with Crippen molar-refractivity contribution in [1.82, 2.24) is 9.97 Å². The molecule has 35 heavy (non-hydrogen) atoms. The number of aryl methyl sites for hydroxylation is 4. The summed E-state index contributed by atoms with van der Waals surface area (Å²) in [6.45, 7) is 7.12. The zero-order valence-corrected chi connectivity index (χ0v) is 21.1. The van der Waals surface area contributed by atoms with Crippen LogP contribution in [0.4, 0.5) is 5.69 Å². The van der Waals surface area contributed by atoms with Gasteiger partial charge in [-0.05, 0) is 57.5 Å². The largest absolute Gasteiger partial charge is 0.495 e. The van der Waals surface area contributed by atoms with Crippen LogP contribution in [0.3, 0.4) is 0 Å². The lowest BCUT2D eigenvalue weighted by atomic mass is 10.0. The van der Waals surface area contributed by atoms with E-state index < -0.39 is 5.97 Å². The number of amides is 1. The monoisotopic (exact) mass is 493 g/mol. The minimum atomic E-state index is -0.681. The first-order valence-corrected chi connectivity index (χ1v) is 11.9. The summed E-state index contributed by atoms with van der Waals surface area (Å²) in [6.07, 6.45) is 0. The second-order valence-electron chi connectivity index (χ2n) is 8.00. The number of hydrogen-bond donors (Lipinski definition) is 1. The zero-order valence-electron chi connectivity index (χ0n) is 20.3. The first-order valence-electron chi connectivity index (χ1n) is 10.9. The minimum absolute atomic E-state index is 0.0745. The predicted octanol–water partition coefficient (Wildman–Crippen LogP) is 4.49. The van der Waals surface area contributed by atoms with Gasteiger partial charge in [0.15, 0.2) is 11.8 Å². The molecule has 2 aromatic carbocycles. The standard InChI is InChI=1S/C26H27N3O5S/c1-15-6-8-20(16(2)10-15)22(30)13-34-25(32)19-7-9-23(33-5)21(12-19)29-24(31)14-35-26-27-17(3)11-18(4)28-26/h6-12H,13-14H2,1-5H3,(H,29,31). The average Bonchev–Trinajstić information content (AvgIpc) is 2.80. The number of Topliss-reactive ketones (excluding diaryl/α,β-unsaturated/α-hetero) is 1. The highest BCUT2D eigenvalue weighted by molar-refractivity contribution is 7.99. The number of hydrogen-bond acceptors (Lipinski definition) is 8. The van der Waals surface area contributed by atoms with Gasteiger partial charge in [0.25, 0.3) is 0 Å². The Morgan fingerprint density at radius 1 is 0.943 bits per heavy atom. The molecule has 182 valence electrons. The third kappa shape index (κ3) is 7.13. The van der Waals surface area contributed by atoms with E-state index in [4.69, 9.17) is 9.47 Å². The van der Waals surface area contributed by atoms with Gasteiger partial charge in [-0.3, -0.25) is 9.59 Å². The van der Waals surface area contributed by atoms with E-state index in [1.54, 1.807) is 12.1 Å². The van der Waals surface area contributed by atoms with Crippen LogP contribution < -0.4 is 10.1 Å². The molecule has 0 aliphatic carbocycles. The number of ketones is 1. The number of thioether (sulfide) groups is 1. The van der Waals surface area contributed by atoms with E-state index in [0.29, 0.717) is 22.2 Å². The van der Waals surface area contributed by atoms with Gasteiger partial charge in [0.2, 0.25) is 11.7 Å². The molecular formula is C26H27N3O5S. The highest BCUT2D eigenvalue weighted by Gasteiger charge is 2.17. The molecule has 1 amide bonds. The Kier molecular flexibility index (Phi) is 8.59. The summed E-state index contributed by atoms with van der Waals surface area (Å²) in [5.74, 6) is -0.825. The number of methoxy groups -OCH3 is 1. The number of nitrogens with zero attached hydrogens (tertiary/aromatic N) is 2. The van der Waals surface area contributed by atoms with Crippen molar-refractivity contribution < 1.29 is 23.9 Å². The van der Waals surface area contributed by atoms with E-state index in [-0.39, 0.29) is 29.6 Å². The van der Waals surface area contributed by atoms with Crippen molar-refractivity contribution in [2.24, 2.45) is 0 Å². The van der Waals surface area contributed by atoms with Gasteiger partial charge in [0, 0.05) is 17.0 Å². The molecule has 0 fully saturated rings. The molecule has 0 saturated carbocycles. The first-order chi connectivity index (χ1) is 16.7. The summed E-state index contributed by atoms with van der Waals surface area (Å²) in [4.78, 5) is 46.2. The van der Waals surface area contributed by atoms with E-state index >= 15 is 0 Å². The summed E-state index contributed by atoms with van der Waals surface area (Å²) >= 11 is 1.21. The van der Waals surface area contributed by atoms with Crippen LogP contribution in [0.15, 0.2) is 47.6 Å². The molecule has 3 aromatic rings. The van der Waals surface area contributed by atoms with Crippen molar-refractivity contribution in [1.29, 1.82) is 0 Å². The number of aromatic nitrogens is 2. The van der Waals surface area contributed by atoms with Crippen LogP contribution in [-0.4, -0.2) is 47.1 Å². The molecule has 0 spiro atoms. The van der Waals surface area contributed by atoms with Crippen LogP contribution >= 0.6 is 11.8 Å². The number of carbonyl (C=O) groups is 3. The lowest BCUT2D eigenvalue weighted by Crippen LogP contribution is -2.17. The molecule has 0 atom stereocenters. The Balaban J connectivity index is 1.64. The fourth-order valence-electron chi connectivity index (χ4n) is 3.43. The number of ether oxygens (including phenoxy) is 2. The minimum Gasteiger partial charge on any atom is -0.495 e. The summed E-state index contributed by atoms with van der Waals surface area (Å²) in [6, 6.07) is 11.8. The van der Waals surface area contributed by atoms with Crippen molar-refractivity contribution in [3.05, 3.63) is 76.1 Å². The number of rotatable bonds is 9. The molecule has 1 heterocycles. The SMILES string of the molecule is COc1ccc(C(=O)OCC(=O)c2ccc(C)cc2C)cc1NC(=O)CSc1nc(C)cc(C)n1. The third-order valence-electron chi connectivity index (χ3n) is 5.02. The Morgan fingerprint density at radius 3 is 2.31 bits per heavy atom. The quantitative estimate of drug-likeness (QED) is 0.201. The molecule has 0 unspecified atom stereocenters. The van der Waals surface area contributed by atoms with Crippen LogP contribution in [0.1, 0.15) is 43.2 Å². The third-order valence-corrected chi connectivity index (χ3v) is 5.87. The molecule has 3 rings (SSSR count). The summed E-state index contributed by atoms with van der Waals surface area (Å²) in [5, 5.41) is 3.25. The van der Waals surface area contributed by atoms with E-state index in [1.165, 1.54) is 31.0 Å². The van der Waals surface area contributed by atoms with Crippen molar-refractivity contribution in [2.45, 2.75) is 32.9 Å². The molecule has 0 radical (unpaired) electrons. The maximum absolute atomic E-state index is 12.6. The number of benzene rings is 2. The molecule has 1 aromatic heterocycles. The van der Waals surface area contributed by atoms with Crippen LogP contribution in [0, 0.1) is 27.7 Å². The Hall–Kier alpha value is -3.72. The fourth-order valence-corrected chi connectivity index (χ4v) is 4.18. The zero-order chi connectivity index (χ0) is 25.5. The first kappa shape index (κ1) is 25.9. The van der Waals surface area contributed by atoms with Gasteiger partial charge in [-0.25, -0.2) is 14.8 Å². The summed E-state index contributed by atoms with van der Waals surface area (Å²) in [5.41, 5.74) is 4.52. The fraction of sp³-hybridized carbons (Fsp3) is 0.269. The van der Waals surface area contributed by atoms with Gasteiger partial charge in [0.05, 0.1) is 24.1 Å². The lowest BCUT2D eigenvalue weighted by Gasteiger charge is -2.12. The number of anilines is 1. The molecule has 0 saturated heterocycles. The Morgan fingerprint density at radius 2 is 1.66 bits per heavy atom. The van der Waals surface area contributed by atoms with E-state index in [0.717, 1.165) is 22.5 Å². The van der Waals surface area contributed by atoms with Crippen molar-refractivity contribution in [3.63, 3.8) is 0 Å². The van der Waals surface area contributed by atoms with Crippen molar-refractivity contribution in [3.8, 4) is 5.75 Å². The molecule has 8 nitrogen and oxygen atoms in total. The molecule has 0 bridgehead atoms. The normalized spacial score (nSPS) is 10.5. The summed E-state index contributed by atoms with van der Waals surface area (Å²) in [7, 11) is 1.46. The van der Waals surface area contributed by atoms with E-state index in [2.05, 4.69) is 15.3 Å². The number of carbonyl (C=O) groups excluding carboxylic acids is 3. The smallest absolute Gasteiger partial charge is 0.338 e. The van der Waals surface area contributed by atoms with Gasteiger partial charge in [-0.1, -0.05) is 35.5 Å². The van der Waals surface area contributed by atoms with Gasteiger partial charge in [-0.15, -0.1) is 0 Å². The molecular weight excluding hydrogens is 466 g/mol. The predicted molar refractivity (Wildman–Crippen MR) is 134 cm³/mol. The van der Waals surface area contributed by atoms with Crippen LogP contribution in [0.25, 0.3) is 0 Å². The number of esters is 1. The van der Waals surface area contributed by atoms with Gasteiger partial charge >= 0.3 is 5.97 Å². The van der Waals surface area contributed by atoms with Crippen molar-refractivity contribution in [2.75, 3.05) is 24.8 Å². The van der Waals surface area contributed by atoms with Gasteiger partial charge < -0.3 is 14.8 Å². The number of nitrogens with one attached hydrogen (secondary N) is 1. The average molecular weight is 494 g/mol. The lowest BCUT2D eigenvalue weighted by molar-refractivity contribution is -0.113. The highest BCUT2D eigenvalue weighted by Crippen LogP contribution is 2.26. The molecule has 0 aliphatic rings. The van der Waals surface area contributed by atoms with Gasteiger partial charge in [0.1, 0.15) is 5.75 Å². The van der Waals surface area contributed by atoms with E-state index in [9.17, 15) is 14.4 Å².